The number of amides is 1. The fourth-order valence-corrected chi connectivity index (χ4v) is 9.99. The number of hydrogen-bond acceptors (Lipinski definition) is 8. The van der Waals surface area contributed by atoms with Gasteiger partial charge in [-0.05, 0) is 103 Å². The highest BCUT2D eigenvalue weighted by molar-refractivity contribution is 5.78. The van der Waals surface area contributed by atoms with Crippen molar-refractivity contribution in [3.8, 4) is 0 Å². The molecule has 1 aliphatic rings. The van der Waals surface area contributed by atoms with Crippen LogP contribution in [0, 0.1) is 11.8 Å². The fraction of sp³-hybridized carbons (Fsp3) is 0.948. The van der Waals surface area contributed by atoms with Gasteiger partial charge in [-0.25, -0.2) is 0 Å². The van der Waals surface area contributed by atoms with Gasteiger partial charge in [-0.3, -0.25) is 14.4 Å². The van der Waals surface area contributed by atoms with E-state index in [0.717, 1.165) is 51.6 Å². The van der Waals surface area contributed by atoms with E-state index in [2.05, 4.69) is 32.6 Å². The molecule has 0 radical (unpaired) electrons. The van der Waals surface area contributed by atoms with Crippen molar-refractivity contribution in [1.29, 1.82) is 0 Å². The molecule has 1 heterocycles. The largest absolute Gasteiger partial charge is 0.465 e. The van der Waals surface area contributed by atoms with E-state index in [0.29, 0.717) is 76.9 Å². The van der Waals surface area contributed by atoms with Crippen molar-refractivity contribution in [1.82, 2.24) is 14.7 Å². The number of aliphatic hydroxyl groups is 1. The summed E-state index contributed by atoms with van der Waals surface area (Å²) in [5, 5.41) is 11.8. The van der Waals surface area contributed by atoms with E-state index in [1.54, 1.807) is 0 Å². The molecule has 0 aromatic rings. The molecule has 0 unspecified atom stereocenters. The van der Waals surface area contributed by atoms with Gasteiger partial charge in [0.15, 0.2) is 0 Å². The summed E-state index contributed by atoms with van der Waals surface area (Å²) < 4.78 is 11.8. The molecule has 1 N–H and O–H groups in total. The van der Waals surface area contributed by atoms with E-state index in [9.17, 15) is 19.5 Å². The Bertz CT molecular complexity index is 1050. The number of hydrogen-bond donors (Lipinski definition) is 1. The first kappa shape index (κ1) is 63.3. The number of likely N-dealkylation sites (tertiary alicyclic amines) is 1. The minimum Gasteiger partial charge on any atom is -0.465 e. The van der Waals surface area contributed by atoms with Crippen LogP contribution in [0.4, 0.5) is 0 Å². The average molecular weight is 949 g/mol. The molecule has 1 aliphatic heterocycles. The maximum Gasteiger partial charge on any atom is 0.305 e. The summed E-state index contributed by atoms with van der Waals surface area (Å²) in [6.07, 6.45) is 43.4. The first-order chi connectivity index (χ1) is 32.5. The van der Waals surface area contributed by atoms with E-state index < -0.39 is 5.60 Å². The Balaban J connectivity index is 2.64. The summed E-state index contributed by atoms with van der Waals surface area (Å²) in [6.45, 7) is 14.1. The van der Waals surface area contributed by atoms with Crippen LogP contribution in [0.5, 0.6) is 0 Å². The van der Waals surface area contributed by atoms with E-state index in [4.69, 9.17) is 9.47 Å². The van der Waals surface area contributed by atoms with Crippen LogP contribution in [0.1, 0.15) is 272 Å². The van der Waals surface area contributed by atoms with E-state index in [1.165, 1.54) is 180 Å². The van der Waals surface area contributed by atoms with Crippen molar-refractivity contribution in [2.24, 2.45) is 11.8 Å². The second-order valence-corrected chi connectivity index (χ2v) is 21.6. The van der Waals surface area contributed by atoms with Gasteiger partial charge in [0.2, 0.25) is 5.91 Å². The molecule has 0 atom stereocenters. The maximum atomic E-state index is 12.9. The van der Waals surface area contributed by atoms with Crippen molar-refractivity contribution < 1.29 is 29.0 Å². The van der Waals surface area contributed by atoms with Gasteiger partial charge in [0, 0.05) is 32.5 Å². The van der Waals surface area contributed by atoms with Crippen LogP contribution < -0.4 is 0 Å². The molecule has 0 aromatic carbocycles. The lowest BCUT2D eigenvalue weighted by molar-refractivity contribution is -0.146. The first-order valence-electron chi connectivity index (χ1n) is 29.2. The monoisotopic (exact) mass is 948 g/mol. The zero-order chi connectivity index (χ0) is 49.1. The lowest BCUT2D eigenvalue weighted by atomic mass is 9.90. The average Bonchev–Trinajstić information content (AvgIpc) is 3.30. The van der Waals surface area contributed by atoms with Gasteiger partial charge >= 0.3 is 11.9 Å². The topological polar surface area (TPSA) is 99.6 Å². The predicted molar refractivity (Wildman–Crippen MR) is 284 cm³/mol. The molecule has 1 amide bonds. The number of unbranched alkanes of at least 4 members (excludes halogenated alkanes) is 24. The summed E-state index contributed by atoms with van der Waals surface area (Å²) >= 11 is 0. The third kappa shape index (κ3) is 37.7. The normalized spacial score (nSPS) is 14.0. The zero-order valence-electron chi connectivity index (χ0n) is 45.5. The van der Waals surface area contributed by atoms with Gasteiger partial charge in [0.1, 0.15) is 0 Å². The van der Waals surface area contributed by atoms with Crippen molar-refractivity contribution in [3.05, 3.63) is 0 Å². The minimum absolute atomic E-state index is 0.0534. The number of esters is 2. The highest BCUT2D eigenvalue weighted by atomic mass is 16.5. The number of carbonyl (C=O) groups excluding carboxylic acids is 3. The Morgan fingerprint density at radius 3 is 1.16 bits per heavy atom. The quantitative estimate of drug-likeness (QED) is 0.0476. The van der Waals surface area contributed by atoms with Gasteiger partial charge < -0.3 is 29.3 Å². The summed E-state index contributed by atoms with van der Waals surface area (Å²) in [5.41, 5.74) is -0.828. The summed E-state index contributed by atoms with van der Waals surface area (Å²) in [6, 6.07) is 0. The molecular weight excluding hydrogens is 835 g/mol. The number of likely N-dealkylation sites (N-methyl/N-ethyl adjacent to an activating group) is 1. The SMILES string of the molecule is CCCCCCCCC(CCCCCCCC)COC(=O)CCCCCN(CCCCCC(=O)OCC(CCCCCCCC)CCCCCCCC)CC1(O)CCN(C(=O)CN(C)C)CC1. The molecule has 9 nitrogen and oxygen atoms in total. The Kier molecular flexibility index (Phi) is 41.8. The molecule has 1 saturated heterocycles. The Hall–Kier alpha value is -1.71. The Morgan fingerprint density at radius 1 is 0.493 bits per heavy atom. The standard InChI is InChI=1S/C58H113N3O6/c1-7-11-15-19-23-29-37-53(38-30-24-20-16-12-8-2)50-66-56(63)41-33-27-35-45-60(52-58(65)43-47-61(48-44-58)55(62)49-59(5)6)46-36-28-34-42-57(64)67-51-54(39-31-25-21-17-13-9-3)40-32-26-22-18-14-10-4/h53-54,65H,7-52H2,1-6H3. The smallest absolute Gasteiger partial charge is 0.305 e. The van der Waals surface area contributed by atoms with Crippen molar-refractivity contribution in [2.45, 2.75) is 277 Å². The van der Waals surface area contributed by atoms with Crippen LogP contribution in [-0.2, 0) is 23.9 Å². The van der Waals surface area contributed by atoms with Crippen LogP contribution in [0.3, 0.4) is 0 Å². The summed E-state index contributed by atoms with van der Waals surface area (Å²) in [7, 11) is 3.83. The second-order valence-electron chi connectivity index (χ2n) is 21.6. The molecule has 396 valence electrons. The molecule has 67 heavy (non-hydrogen) atoms. The van der Waals surface area contributed by atoms with Crippen molar-refractivity contribution >= 4 is 17.8 Å². The maximum absolute atomic E-state index is 12.9. The zero-order valence-corrected chi connectivity index (χ0v) is 45.5. The van der Waals surface area contributed by atoms with Crippen LogP contribution in [-0.4, -0.2) is 110 Å². The highest BCUT2D eigenvalue weighted by Gasteiger charge is 2.35. The number of nitrogens with zero attached hydrogens (tertiary/aromatic N) is 3. The van der Waals surface area contributed by atoms with Crippen LogP contribution >= 0.6 is 0 Å². The number of carbonyl (C=O) groups is 3. The fourth-order valence-electron chi connectivity index (χ4n) is 9.99. The molecule has 1 fully saturated rings. The van der Waals surface area contributed by atoms with E-state index >= 15 is 0 Å². The van der Waals surface area contributed by atoms with Crippen molar-refractivity contribution in [3.63, 3.8) is 0 Å². The van der Waals surface area contributed by atoms with Gasteiger partial charge in [0.05, 0.1) is 25.4 Å². The molecule has 0 aromatic heterocycles. The molecular formula is C58H113N3O6. The summed E-state index contributed by atoms with van der Waals surface area (Å²) in [5.74, 6) is 0.981. The third-order valence-electron chi connectivity index (χ3n) is 14.6. The lowest BCUT2D eigenvalue weighted by Crippen LogP contribution is -2.53. The first-order valence-corrected chi connectivity index (χ1v) is 29.2. The van der Waals surface area contributed by atoms with E-state index in [-0.39, 0.29) is 17.8 Å². The highest BCUT2D eigenvalue weighted by Crippen LogP contribution is 2.26. The molecule has 0 bridgehead atoms. The molecule has 0 saturated carbocycles. The number of rotatable bonds is 48. The van der Waals surface area contributed by atoms with Crippen LogP contribution in [0.25, 0.3) is 0 Å². The minimum atomic E-state index is -0.828. The van der Waals surface area contributed by atoms with Crippen LogP contribution in [0.15, 0.2) is 0 Å². The Labute approximate surface area is 415 Å². The third-order valence-corrected chi connectivity index (χ3v) is 14.6. The summed E-state index contributed by atoms with van der Waals surface area (Å²) in [4.78, 5) is 44.8. The lowest BCUT2D eigenvalue weighted by Gasteiger charge is -2.41. The number of piperidine rings is 1. The second kappa shape index (κ2) is 44.2. The Morgan fingerprint density at radius 2 is 0.821 bits per heavy atom. The van der Waals surface area contributed by atoms with Gasteiger partial charge in [-0.2, -0.15) is 0 Å². The molecule has 0 aliphatic carbocycles. The van der Waals surface area contributed by atoms with Crippen LogP contribution in [0.2, 0.25) is 0 Å². The molecule has 0 spiro atoms. The number of ether oxygens (including phenoxy) is 2. The molecule has 1 rings (SSSR count). The van der Waals surface area contributed by atoms with Gasteiger partial charge in [0.25, 0.3) is 0 Å². The van der Waals surface area contributed by atoms with Gasteiger partial charge in [-0.1, -0.05) is 195 Å². The van der Waals surface area contributed by atoms with E-state index in [1.807, 2.05) is 23.9 Å². The van der Waals surface area contributed by atoms with Crippen molar-refractivity contribution in [2.75, 3.05) is 66.6 Å². The predicted octanol–water partition coefficient (Wildman–Crippen LogP) is 14.6. The molecule has 9 heteroatoms. The van der Waals surface area contributed by atoms with Gasteiger partial charge in [-0.15, -0.1) is 0 Å².